The predicted octanol–water partition coefficient (Wildman–Crippen LogP) is 3.96. The molecule has 0 aromatic heterocycles. The summed E-state index contributed by atoms with van der Waals surface area (Å²) in [7, 11) is 0. The smallest absolute Gasteiger partial charge is 0.164 e. The van der Waals surface area contributed by atoms with Gasteiger partial charge in [-0.25, -0.2) is 0 Å². The van der Waals surface area contributed by atoms with Gasteiger partial charge < -0.3 is 9.84 Å². The standard InChI is InChI=1S/C12H17ClO2/c1-4-5-15-12-10(8(2)3)6-9(13)7-11(12)14/h6-8,14H,4-5H2,1-3H3. The minimum absolute atomic E-state index is 0.125. The van der Waals surface area contributed by atoms with E-state index in [1.807, 2.05) is 26.8 Å². The molecule has 0 radical (unpaired) electrons. The fourth-order valence-corrected chi connectivity index (χ4v) is 1.61. The van der Waals surface area contributed by atoms with Crippen molar-refractivity contribution in [2.45, 2.75) is 33.1 Å². The highest BCUT2D eigenvalue weighted by molar-refractivity contribution is 6.30. The molecular formula is C12H17ClO2. The third-order valence-corrected chi connectivity index (χ3v) is 2.35. The van der Waals surface area contributed by atoms with Gasteiger partial charge in [-0.05, 0) is 18.4 Å². The summed E-state index contributed by atoms with van der Waals surface area (Å²) in [5.41, 5.74) is 0.952. The average Bonchev–Trinajstić information content (AvgIpc) is 2.15. The van der Waals surface area contributed by atoms with E-state index in [0.29, 0.717) is 17.4 Å². The number of hydrogen-bond donors (Lipinski definition) is 1. The maximum absolute atomic E-state index is 9.74. The van der Waals surface area contributed by atoms with Crippen LogP contribution in [0.3, 0.4) is 0 Å². The molecule has 0 bridgehead atoms. The van der Waals surface area contributed by atoms with Gasteiger partial charge in [-0.1, -0.05) is 32.4 Å². The Labute approximate surface area is 95.8 Å². The van der Waals surface area contributed by atoms with Gasteiger partial charge in [0.15, 0.2) is 11.5 Å². The van der Waals surface area contributed by atoms with Crippen LogP contribution in [-0.4, -0.2) is 11.7 Å². The van der Waals surface area contributed by atoms with Crippen molar-refractivity contribution in [3.8, 4) is 11.5 Å². The lowest BCUT2D eigenvalue weighted by Gasteiger charge is -2.15. The van der Waals surface area contributed by atoms with Crippen LogP contribution in [0.2, 0.25) is 5.02 Å². The van der Waals surface area contributed by atoms with Crippen molar-refractivity contribution < 1.29 is 9.84 Å². The number of ether oxygens (including phenoxy) is 1. The second-order valence-corrected chi connectivity index (χ2v) is 4.28. The second kappa shape index (κ2) is 5.26. The summed E-state index contributed by atoms with van der Waals surface area (Å²) in [6, 6.07) is 3.36. The molecule has 1 aromatic carbocycles. The Balaban J connectivity index is 3.09. The van der Waals surface area contributed by atoms with Gasteiger partial charge in [-0.15, -0.1) is 0 Å². The number of halogens is 1. The zero-order valence-corrected chi connectivity index (χ0v) is 10.1. The summed E-state index contributed by atoms with van der Waals surface area (Å²) in [5, 5.41) is 10.3. The second-order valence-electron chi connectivity index (χ2n) is 3.85. The largest absolute Gasteiger partial charge is 0.504 e. The average molecular weight is 229 g/mol. The molecule has 15 heavy (non-hydrogen) atoms. The van der Waals surface area contributed by atoms with Gasteiger partial charge >= 0.3 is 0 Å². The Morgan fingerprint density at radius 1 is 1.40 bits per heavy atom. The van der Waals surface area contributed by atoms with E-state index in [2.05, 4.69) is 0 Å². The number of hydrogen-bond acceptors (Lipinski definition) is 2. The molecule has 0 saturated heterocycles. The van der Waals surface area contributed by atoms with E-state index < -0.39 is 0 Å². The molecule has 2 nitrogen and oxygen atoms in total. The summed E-state index contributed by atoms with van der Waals surface area (Å²) in [4.78, 5) is 0. The first-order valence-corrected chi connectivity index (χ1v) is 5.59. The summed E-state index contributed by atoms with van der Waals surface area (Å²) in [6.45, 7) is 6.73. The lowest BCUT2D eigenvalue weighted by atomic mass is 10.0. The highest BCUT2D eigenvalue weighted by Gasteiger charge is 2.13. The molecule has 0 saturated carbocycles. The monoisotopic (exact) mass is 228 g/mol. The van der Waals surface area contributed by atoms with E-state index in [1.165, 1.54) is 6.07 Å². The number of phenolic OH excluding ortho intramolecular Hbond substituents is 1. The lowest BCUT2D eigenvalue weighted by Crippen LogP contribution is -2.00. The minimum Gasteiger partial charge on any atom is -0.504 e. The number of aromatic hydroxyl groups is 1. The third kappa shape index (κ3) is 3.03. The summed E-state index contributed by atoms with van der Waals surface area (Å²) >= 11 is 5.88. The van der Waals surface area contributed by atoms with Crippen LogP contribution in [0.1, 0.15) is 38.7 Å². The van der Waals surface area contributed by atoms with Crippen molar-refractivity contribution in [2.24, 2.45) is 0 Å². The fraction of sp³-hybridized carbons (Fsp3) is 0.500. The molecule has 0 aliphatic carbocycles. The zero-order chi connectivity index (χ0) is 11.4. The van der Waals surface area contributed by atoms with Crippen LogP contribution < -0.4 is 4.74 Å². The predicted molar refractivity (Wildman–Crippen MR) is 63.0 cm³/mol. The van der Waals surface area contributed by atoms with Crippen LogP contribution in [0, 0.1) is 0 Å². The first-order valence-electron chi connectivity index (χ1n) is 5.21. The van der Waals surface area contributed by atoms with E-state index in [4.69, 9.17) is 16.3 Å². The van der Waals surface area contributed by atoms with Crippen molar-refractivity contribution in [1.29, 1.82) is 0 Å². The first kappa shape index (κ1) is 12.2. The van der Waals surface area contributed by atoms with Crippen LogP contribution in [0.25, 0.3) is 0 Å². The van der Waals surface area contributed by atoms with Crippen molar-refractivity contribution in [2.75, 3.05) is 6.61 Å². The van der Waals surface area contributed by atoms with Crippen LogP contribution in [0.4, 0.5) is 0 Å². The fourth-order valence-electron chi connectivity index (χ4n) is 1.39. The van der Waals surface area contributed by atoms with Gasteiger partial charge in [-0.2, -0.15) is 0 Å². The highest BCUT2D eigenvalue weighted by atomic mass is 35.5. The van der Waals surface area contributed by atoms with Crippen LogP contribution in [0.5, 0.6) is 11.5 Å². The molecule has 0 unspecified atom stereocenters. The van der Waals surface area contributed by atoms with Gasteiger partial charge in [-0.3, -0.25) is 0 Å². The van der Waals surface area contributed by atoms with Crippen LogP contribution in [0.15, 0.2) is 12.1 Å². The number of phenols is 1. The Morgan fingerprint density at radius 2 is 2.07 bits per heavy atom. The van der Waals surface area contributed by atoms with E-state index in [0.717, 1.165) is 12.0 Å². The molecule has 0 amide bonds. The van der Waals surface area contributed by atoms with E-state index in [9.17, 15) is 5.11 Å². The Bertz CT molecular complexity index is 335. The molecule has 1 aromatic rings. The van der Waals surface area contributed by atoms with Crippen molar-refractivity contribution in [3.05, 3.63) is 22.7 Å². The quantitative estimate of drug-likeness (QED) is 0.846. The highest BCUT2D eigenvalue weighted by Crippen LogP contribution is 2.37. The SMILES string of the molecule is CCCOc1c(O)cc(Cl)cc1C(C)C. The molecule has 84 valence electrons. The van der Waals surface area contributed by atoms with Gasteiger partial charge in [0.2, 0.25) is 0 Å². The molecule has 1 N–H and O–H groups in total. The van der Waals surface area contributed by atoms with Gasteiger partial charge in [0, 0.05) is 16.7 Å². The Hall–Kier alpha value is -0.890. The molecule has 3 heteroatoms. The third-order valence-electron chi connectivity index (χ3n) is 2.14. The molecule has 0 fully saturated rings. The number of benzene rings is 1. The molecule has 1 rings (SSSR count). The molecule has 0 aliphatic heterocycles. The zero-order valence-electron chi connectivity index (χ0n) is 9.38. The normalized spacial score (nSPS) is 10.7. The van der Waals surface area contributed by atoms with Gasteiger partial charge in [0.05, 0.1) is 6.61 Å². The molecule has 0 heterocycles. The van der Waals surface area contributed by atoms with Crippen LogP contribution >= 0.6 is 11.6 Å². The minimum atomic E-state index is 0.125. The lowest BCUT2D eigenvalue weighted by molar-refractivity contribution is 0.295. The van der Waals surface area contributed by atoms with E-state index in [-0.39, 0.29) is 11.7 Å². The topological polar surface area (TPSA) is 29.5 Å². The van der Waals surface area contributed by atoms with Crippen molar-refractivity contribution >= 4 is 11.6 Å². The molecule has 0 atom stereocenters. The molecule has 0 aliphatic rings. The Morgan fingerprint density at radius 3 is 2.60 bits per heavy atom. The summed E-state index contributed by atoms with van der Waals surface area (Å²) in [6.07, 6.45) is 0.916. The maximum Gasteiger partial charge on any atom is 0.164 e. The van der Waals surface area contributed by atoms with Gasteiger partial charge in [0.25, 0.3) is 0 Å². The summed E-state index contributed by atoms with van der Waals surface area (Å²) in [5.74, 6) is 0.970. The Kier molecular flexibility index (Phi) is 4.28. The van der Waals surface area contributed by atoms with E-state index >= 15 is 0 Å². The number of rotatable bonds is 4. The van der Waals surface area contributed by atoms with Crippen molar-refractivity contribution in [3.63, 3.8) is 0 Å². The maximum atomic E-state index is 9.74. The van der Waals surface area contributed by atoms with Gasteiger partial charge in [0.1, 0.15) is 0 Å². The summed E-state index contributed by atoms with van der Waals surface area (Å²) < 4.78 is 5.52. The van der Waals surface area contributed by atoms with Crippen LogP contribution in [-0.2, 0) is 0 Å². The molecular weight excluding hydrogens is 212 g/mol. The molecule has 0 spiro atoms. The first-order chi connectivity index (χ1) is 7.06. The van der Waals surface area contributed by atoms with E-state index in [1.54, 1.807) is 0 Å². The van der Waals surface area contributed by atoms with Crippen molar-refractivity contribution in [1.82, 2.24) is 0 Å².